The van der Waals surface area contributed by atoms with Crippen molar-refractivity contribution in [3.8, 4) is 5.75 Å². The van der Waals surface area contributed by atoms with Crippen LogP contribution in [0.5, 0.6) is 5.75 Å². The second-order valence-electron chi connectivity index (χ2n) is 5.95. The lowest BCUT2D eigenvalue weighted by atomic mass is 9.83. The minimum absolute atomic E-state index is 0.432. The van der Waals surface area contributed by atoms with Gasteiger partial charge in [-0.05, 0) is 36.1 Å². The second-order valence-corrected chi connectivity index (χ2v) is 5.95. The molecule has 0 radical (unpaired) electrons. The van der Waals surface area contributed by atoms with E-state index >= 15 is 0 Å². The Labute approximate surface area is 114 Å². The SMILES string of the molecule is c1ccc2c3c(ccc2c1)OC1CCCCCCC31. The highest BCUT2D eigenvalue weighted by atomic mass is 16.5. The third kappa shape index (κ3) is 1.83. The van der Waals surface area contributed by atoms with E-state index in [0.717, 1.165) is 5.75 Å². The molecule has 4 rings (SSSR count). The summed E-state index contributed by atoms with van der Waals surface area (Å²) in [5.41, 5.74) is 1.49. The zero-order valence-electron chi connectivity index (χ0n) is 11.3. The first kappa shape index (κ1) is 11.3. The smallest absolute Gasteiger partial charge is 0.124 e. The molecule has 19 heavy (non-hydrogen) atoms. The summed E-state index contributed by atoms with van der Waals surface area (Å²) >= 11 is 0. The highest BCUT2D eigenvalue weighted by molar-refractivity contribution is 5.89. The number of fused-ring (bicyclic) bond motifs is 5. The molecule has 1 heterocycles. The maximum absolute atomic E-state index is 6.25. The zero-order chi connectivity index (χ0) is 12.7. The van der Waals surface area contributed by atoms with E-state index < -0.39 is 0 Å². The quantitative estimate of drug-likeness (QED) is 0.638. The van der Waals surface area contributed by atoms with Gasteiger partial charge in [-0.15, -0.1) is 0 Å². The van der Waals surface area contributed by atoms with Crippen LogP contribution in [-0.4, -0.2) is 6.10 Å². The molecule has 0 spiro atoms. The molecule has 0 bridgehead atoms. The molecule has 1 heteroatoms. The Morgan fingerprint density at radius 1 is 0.842 bits per heavy atom. The Balaban J connectivity index is 1.85. The van der Waals surface area contributed by atoms with Crippen LogP contribution >= 0.6 is 0 Å². The first-order valence-corrected chi connectivity index (χ1v) is 7.62. The van der Waals surface area contributed by atoms with Crippen molar-refractivity contribution in [1.82, 2.24) is 0 Å². The molecule has 2 aliphatic rings. The highest BCUT2D eigenvalue weighted by Crippen LogP contribution is 2.47. The van der Waals surface area contributed by atoms with Crippen LogP contribution < -0.4 is 4.74 Å². The zero-order valence-corrected chi connectivity index (χ0v) is 11.3. The van der Waals surface area contributed by atoms with Crippen molar-refractivity contribution in [1.29, 1.82) is 0 Å². The van der Waals surface area contributed by atoms with Crippen LogP contribution in [0.15, 0.2) is 36.4 Å². The Hall–Kier alpha value is -1.50. The van der Waals surface area contributed by atoms with Gasteiger partial charge in [-0.2, -0.15) is 0 Å². The van der Waals surface area contributed by atoms with Gasteiger partial charge in [0.05, 0.1) is 0 Å². The van der Waals surface area contributed by atoms with Crippen LogP contribution in [0.3, 0.4) is 0 Å². The number of hydrogen-bond acceptors (Lipinski definition) is 1. The van der Waals surface area contributed by atoms with Gasteiger partial charge in [0.15, 0.2) is 0 Å². The van der Waals surface area contributed by atoms with Crippen molar-refractivity contribution in [2.24, 2.45) is 0 Å². The van der Waals surface area contributed by atoms with Crippen molar-refractivity contribution in [3.63, 3.8) is 0 Å². The lowest BCUT2D eigenvalue weighted by Crippen LogP contribution is -2.20. The molecule has 2 unspecified atom stereocenters. The Kier molecular flexibility index (Phi) is 2.72. The number of hydrogen-bond donors (Lipinski definition) is 0. The number of benzene rings is 2. The summed E-state index contributed by atoms with van der Waals surface area (Å²) in [6, 6.07) is 13.1. The summed E-state index contributed by atoms with van der Waals surface area (Å²) in [4.78, 5) is 0. The average Bonchev–Trinajstić information content (AvgIpc) is 2.76. The van der Waals surface area contributed by atoms with E-state index in [1.807, 2.05) is 0 Å². The molecular formula is C18H20O. The predicted octanol–water partition coefficient (Wildman–Crippen LogP) is 5.04. The Bertz CT molecular complexity index is 602. The third-order valence-corrected chi connectivity index (χ3v) is 4.78. The van der Waals surface area contributed by atoms with E-state index in [9.17, 15) is 0 Å². The average molecular weight is 252 g/mol. The molecule has 0 saturated heterocycles. The maximum Gasteiger partial charge on any atom is 0.124 e. The van der Waals surface area contributed by atoms with E-state index in [1.165, 1.54) is 54.9 Å². The first-order valence-electron chi connectivity index (χ1n) is 7.62. The summed E-state index contributed by atoms with van der Waals surface area (Å²) in [6.45, 7) is 0. The highest BCUT2D eigenvalue weighted by Gasteiger charge is 2.35. The van der Waals surface area contributed by atoms with Gasteiger partial charge in [-0.3, -0.25) is 0 Å². The minimum atomic E-state index is 0.432. The van der Waals surface area contributed by atoms with E-state index in [-0.39, 0.29) is 0 Å². The van der Waals surface area contributed by atoms with Crippen LogP contribution in [0.1, 0.15) is 50.0 Å². The van der Waals surface area contributed by atoms with Crippen LogP contribution in [0.25, 0.3) is 10.8 Å². The predicted molar refractivity (Wildman–Crippen MR) is 78.8 cm³/mol. The summed E-state index contributed by atoms with van der Waals surface area (Å²) in [5.74, 6) is 1.78. The second kappa shape index (κ2) is 4.56. The third-order valence-electron chi connectivity index (χ3n) is 4.78. The van der Waals surface area contributed by atoms with Gasteiger partial charge in [0.2, 0.25) is 0 Å². The van der Waals surface area contributed by atoms with Gasteiger partial charge >= 0.3 is 0 Å². The summed E-state index contributed by atoms with van der Waals surface area (Å²) in [7, 11) is 0. The fourth-order valence-electron chi connectivity index (χ4n) is 3.85. The Morgan fingerprint density at radius 2 is 1.68 bits per heavy atom. The molecular weight excluding hydrogens is 232 g/mol. The fraction of sp³-hybridized carbons (Fsp3) is 0.444. The molecule has 2 atom stereocenters. The van der Waals surface area contributed by atoms with Crippen molar-refractivity contribution < 1.29 is 4.74 Å². The summed E-state index contributed by atoms with van der Waals surface area (Å²) in [5, 5.41) is 2.76. The summed E-state index contributed by atoms with van der Waals surface area (Å²) < 4.78 is 6.25. The molecule has 1 saturated carbocycles. The van der Waals surface area contributed by atoms with Crippen molar-refractivity contribution >= 4 is 10.8 Å². The molecule has 0 N–H and O–H groups in total. The number of rotatable bonds is 0. The molecule has 1 aliphatic carbocycles. The summed E-state index contributed by atoms with van der Waals surface area (Å²) in [6.07, 6.45) is 8.41. The lowest BCUT2D eigenvalue weighted by molar-refractivity contribution is 0.177. The van der Waals surface area contributed by atoms with Gasteiger partial charge in [-0.1, -0.05) is 49.6 Å². The molecule has 1 aliphatic heterocycles. The number of ether oxygens (including phenoxy) is 1. The molecule has 1 nitrogen and oxygen atoms in total. The van der Waals surface area contributed by atoms with Crippen molar-refractivity contribution in [3.05, 3.63) is 42.0 Å². The fourth-order valence-corrected chi connectivity index (χ4v) is 3.85. The van der Waals surface area contributed by atoms with E-state index in [0.29, 0.717) is 12.0 Å². The van der Waals surface area contributed by atoms with Gasteiger partial charge in [0.1, 0.15) is 11.9 Å². The molecule has 0 amide bonds. The largest absolute Gasteiger partial charge is 0.489 e. The van der Waals surface area contributed by atoms with Gasteiger partial charge in [0.25, 0.3) is 0 Å². The molecule has 0 aromatic heterocycles. The minimum Gasteiger partial charge on any atom is -0.489 e. The monoisotopic (exact) mass is 252 g/mol. The van der Waals surface area contributed by atoms with Crippen LogP contribution in [0.2, 0.25) is 0 Å². The van der Waals surface area contributed by atoms with Crippen LogP contribution in [-0.2, 0) is 0 Å². The van der Waals surface area contributed by atoms with Gasteiger partial charge in [-0.25, -0.2) is 0 Å². The molecule has 2 aromatic carbocycles. The molecule has 98 valence electrons. The van der Waals surface area contributed by atoms with Crippen molar-refractivity contribution in [2.45, 2.75) is 50.5 Å². The molecule has 1 fully saturated rings. The first-order chi connectivity index (χ1) is 9.43. The van der Waals surface area contributed by atoms with E-state index in [1.54, 1.807) is 0 Å². The van der Waals surface area contributed by atoms with Gasteiger partial charge in [0, 0.05) is 11.5 Å². The Morgan fingerprint density at radius 3 is 2.63 bits per heavy atom. The van der Waals surface area contributed by atoms with E-state index in [4.69, 9.17) is 4.74 Å². The maximum atomic E-state index is 6.25. The van der Waals surface area contributed by atoms with Crippen molar-refractivity contribution in [2.75, 3.05) is 0 Å². The standard InChI is InChI=1S/C18H20O/c1-2-4-10-16-15(9-3-1)18-14-8-6-5-7-13(14)11-12-17(18)19-16/h5-8,11-12,15-16H,1-4,9-10H2. The van der Waals surface area contributed by atoms with Crippen LogP contribution in [0, 0.1) is 0 Å². The molecule has 2 aromatic rings. The lowest BCUT2D eigenvalue weighted by Gasteiger charge is -2.22. The normalized spacial score (nSPS) is 26.1. The topological polar surface area (TPSA) is 9.23 Å². The van der Waals surface area contributed by atoms with E-state index in [2.05, 4.69) is 36.4 Å². The van der Waals surface area contributed by atoms with Crippen LogP contribution in [0.4, 0.5) is 0 Å². The van der Waals surface area contributed by atoms with Gasteiger partial charge < -0.3 is 4.74 Å².